The van der Waals surface area contributed by atoms with Crippen LogP contribution in [0.5, 0.6) is 0 Å². The van der Waals surface area contributed by atoms with Crippen LogP contribution in [-0.2, 0) is 0 Å². The normalized spacial score (nSPS) is 22.3. The van der Waals surface area contributed by atoms with E-state index in [9.17, 15) is 19.3 Å². The molecular formula is C16H20FN3O3. The van der Waals surface area contributed by atoms with Gasteiger partial charge in [-0.3, -0.25) is 19.8 Å². The second-order valence-corrected chi connectivity index (χ2v) is 6.21. The first-order valence-electron chi connectivity index (χ1n) is 8.03. The SMILES string of the molecule is O=C(c1ccc([N+](=O)[O-])cc1F)N1CCC[C@H](N2CCCC2)C1. The van der Waals surface area contributed by atoms with E-state index < -0.39 is 10.7 Å². The largest absolute Gasteiger partial charge is 0.337 e. The molecule has 2 fully saturated rings. The number of piperidine rings is 1. The minimum absolute atomic E-state index is 0.0855. The summed E-state index contributed by atoms with van der Waals surface area (Å²) in [7, 11) is 0. The molecule has 7 heteroatoms. The second-order valence-electron chi connectivity index (χ2n) is 6.21. The van der Waals surface area contributed by atoms with Crippen molar-refractivity contribution >= 4 is 11.6 Å². The van der Waals surface area contributed by atoms with E-state index in [2.05, 4.69) is 4.90 Å². The first kappa shape index (κ1) is 15.9. The summed E-state index contributed by atoms with van der Waals surface area (Å²) < 4.78 is 14.1. The average Bonchev–Trinajstić information content (AvgIpc) is 3.08. The molecule has 1 atom stereocenters. The molecule has 0 N–H and O–H groups in total. The van der Waals surface area contributed by atoms with Crippen LogP contribution in [-0.4, -0.2) is 52.9 Å². The van der Waals surface area contributed by atoms with Crippen LogP contribution in [0.4, 0.5) is 10.1 Å². The highest BCUT2D eigenvalue weighted by atomic mass is 19.1. The average molecular weight is 321 g/mol. The molecule has 2 saturated heterocycles. The van der Waals surface area contributed by atoms with E-state index in [1.807, 2.05) is 0 Å². The monoisotopic (exact) mass is 321 g/mol. The molecule has 2 aliphatic rings. The predicted molar refractivity (Wildman–Crippen MR) is 82.8 cm³/mol. The lowest BCUT2D eigenvalue weighted by Crippen LogP contribution is -2.49. The standard InChI is InChI=1S/C16H20FN3O3/c17-15-10-12(20(22)23)5-6-14(15)16(21)19-9-3-4-13(11-19)18-7-1-2-8-18/h5-6,10,13H,1-4,7-9,11H2/t13-/m0/s1. The maximum Gasteiger partial charge on any atom is 0.272 e. The number of hydrogen-bond acceptors (Lipinski definition) is 4. The second kappa shape index (κ2) is 6.62. The Kier molecular flexibility index (Phi) is 4.56. The molecule has 124 valence electrons. The number of hydrogen-bond donors (Lipinski definition) is 0. The molecule has 0 bridgehead atoms. The Morgan fingerprint density at radius 3 is 2.61 bits per heavy atom. The van der Waals surface area contributed by atoms with Crippen LogP contribution in [0.15, 0.2) is 18.2 Å². The summed E-state index contributed by atoms with van der Waals surface area (Å²) in [6, 6.07) is 3.55. The van der Waals surface area contributed by atoms with Crippen LogP contribution in [0.3, 0.4) is 0 Å². The van der Waals surface area contributed by atoms with Crippen LogP contribution < -0.4 is 0 Å². The zero-order valence-electron chi connectivity index (χ0n) is 12.9. The van der Waals surface area contributed by atoms with E-state index in [-0.39, 0.29) is 17.2 Å². The number of likely N-dealkylation sites (tertiary alicyclic amines) is 2. The minimum atomic E-state index is -0.826. The van der Waals surface area contributed by atoms with Crippen LogP contribution in [0.1, 0.15) is 36.0 Å². The number of non-ortho nitro benzene ring substituents is 1. The summed E-state index contributed by atoms with van der Waals surface area (Å²) in [6.45, 7) is 3.35. The molecule has 2 heterocycles. The van der Waals surface area contributed by atoms with Crippen molar-refractivity contribution in [2.75, 3.05) is 26.2 Å². The third-order valence-electron chi connectivity index (χ3n) is 4.73. The van der Waals surface area contributed by atoms with Gasteiger partial charge in [0, 0.05) is 25.2 Å². The van der Waals surface area contributed by atoms with Crippen molar-refractivity contribution in [1.29, 1.82) is 0 Å². The molecule has 2 aliphatic heterocycles. The fourth-order valence-corrected chi connectivity index (χ4v) is 3.51. The zero-order valence-corrected chi connectivity index (χ0v) is 12.9. The highest BCUT2D eigenvalue weighted by molar-refractivity contribution is 5.94. The number of amides is 1. The highest BCUT2D eigenvalue weighted by Gasteiger charge is 2.30. The fourth-order valence-electron chi connectivity index (χ4n) is 3.51. The van der Waals surface area contributed by atoms with Gasteiger partial charge in [0.25, 0.3) is 11.6 Å². The number of nitrogens with zero attached hydrogens (tertiary/aromatic N) is 3. The zero-order chi connectivity index (χ0) is 16.4. The Labute approximate surface area is 134 Å². The molecule has 3 rings (SSSR count). The molecule has 0 spiro atoms. The van der Waals surface area contributed by atoms with Gasteiger partial charge in [0.1, 0.15) is 5.82 Å². The number of nitro benzene ring substituents is 1. The summed E-state index contributed by atoms with van der Waals surface area (Å²) >= 11 is 0. The lowest BCUT2D eigenvalue weighted by molar-refractivity contribution is -0.385. The predicted octanol–water partition coefficient (Wildman–Crippen LogP) is 2.43. The van der Waals surface area contributed by atoms with Crippen LogP contribution in [0.25, 0.3) is 0 Å². The molecular weight excluding hydrogens is 301 g/mol. The Morgan fingerprint density at radius 1 is 1.22 bits per heavy atom. The van der Waals surface area contributed by atoms with E-state index >= 15 is 0 Å². The smallest absolute Gasteiger partial charge is 0.272 e. The fraction of sp³-hybridized carbons (Fsp3) is 0.562. The number of carbonyl (C=O) groups excluding carboxylic acids is 1. The van der Waals surface area contributed by atoms with Crippen LogP contribution in [0, 0.1) is 15.9 Å². The summed E-state index contributed by atoms with van der Waals surface area (Å²) in [4.78, 5) is 26.6. The van der Waals surface area contributed by atoms with Gasteiger partial charge in [-0.15, -0.1) is 0 Å². The van der Waals surface area contributed by atoms with Crippen molar-refractivity contribution in [2.45, 2.75) is 31.7 Å². The van der Waals surface area contributed by atoms with E-state index in [0.717, 1.165) is 32.0 Å². The van der Waals surface area contributed by atoms with Gasteiger partial charge in [-0.05, 0) is 44.8 Å². The molecule has 1 aromatic rings. The molecule has 23 heavy (non-hydrogen) atoms. The Balaban J connectivity index is 1.73. The molecule has 1 amide bonds. The Bertz CT molecular complexity index is 617. The molecule has 0 saturated carbocycles. The van der Waals surface area contributed by atoms with E-state index in [4.69, 9.17) is 0 Å². The van der Waals surface area contributed by atoms with Crippen molar-refractivity contribution in [2.24, 2.45) is 0 Å². The van der Waals surface area contributed by atoms with Gasteiger partial charge in [-0.1, -0.05) is 0 Å². The van der Waals surface area contributed by atoms with E-state index in [1.54, 1.807) is 4.90 Å². The van der Waals surface area contributed by atoms with Gasteiger partial charge in [-0.25, -0.2) is 4.39 Å². The van der Waals surface area contributed by atoms with Gasteiger partial charge in [0.2, 0.25) is 0 Å². The van der Waals surface area contributed by atoms with Crippen LogP contribution in [0.2, 0.25) is 0 Å². The molecule has 0 radical (unpaired) electrons. The number of benzene rings is 1. The van der Waals surface area contributed by atoms with Crippen molar-refractivity contribution in [3.8, 4) is 0 Å². The maximum absolute atomic E-state index is 14.1. The topological polar surface area (TPSA) is 66.7 Å². The first-order chi connectivity index (χ1) is 11.1. The minimum Gasteiger partial charge on any atom is -0.337 e. The van der Waals surface area contributed by atoms with E-state index in [0.29, 0.717) is 19.1 Å². The summed E-state index contributed by atoms with van der Waals surface area (Å²) in [5, 5.41) is 10.7. The van der Waals surface area contributed by atoms with Crippen molar-refractivity contribution in [1.82, 2.24) is 9.80 Å². The maximum atomic E-state index is 14.1. The Hall–Kier alpha value is -2.02. The molecule has 0 aromatic heterocycles. The van der Waals surface area contributed by atoms with Gasteiger partial charge in [-0.2, -0.15) is 0 Å². The summed E-state index contributed by atoms with van der Waals surface area (Å²) in [6.07, 6.45) is 4.36. The molecule has 0 unspecified atom stereocenters. The lowest BCUT2D eigenvalue weighted by Gasteiger charge is -2.37. The van der Waals surface area contributed by atoms with Gasteiger partial charge in [0.15, 0.2) is 0 Å². The van der Waals surface area contributed by atoms with Crippen molar-refractivity contribution < 1.29 is 14.1 Å². The van der Waals surface area contributed by atoms with Gasteiger partial charge >= 0.3 is 0 Å². The summed E-state index contributed by atoms with van der Waals surface area (Å²) in [5.74, 6) is -1.20. The molecule has 0 aliphatic carbocycles. The number of halogens is 1. The lowest BCUT2D eigenvalue weighted by atomic mass is 10.0. The third-order valence-corrected chi connectivity index (χ3v) is 4.73. The molecule has 1 aromatic carbocycles. The first-order valence-corrected chi connectivity index (χ1v) is 8.03. The molecule has 6 nitrogen and oxygen atoms in total. The van der Waals surface area contributed by atoms with Crippen LogP contribution >= 0.6 is 0 Å². The highest BCUT2D eigenvalue weighted by Crippen LogP contribution is 2.23. The number of carbonyl (C=O) groups is 1. The van der Waals surface area contributed by atoms with Crippen molar-refractivity contribution in [3.05, 3.63) is 39.7 Å². The number of rotatable bonds is 3. The third kappa shape index (κ3) is 3.34. The quantitative estimate of drug-likeness (QED) is 0.633. The van der Waals surface area contributed by atoms with Crippen molar-refractivity contribution in [3.63, 3.8) is 0 Å². The summed E-state index contributed by atoms with van der Waals surface area (Å²) in [5.41, 5.74) is -0.426. The van der Waals surface area contributed by atoms with Gasteiger partial charge in [0.05, 0.1) is 16.6 Å². The number of nitro groups is 1. The van der Waals surface area contributed by atoms with E-state index in [1.165, 1.54) is 25.0 Å². The Morgan fingerprint density at radius 2 is 1.96 bits per heavy atom. The van der Waals surface area contributed by atoms with Gasteiger partial charge < -0.3 is 4.90 Å².